The second-order valence-corrected chi connectivity index (χ2v) is 6.90. The van der Waals surface area contributed by atoms with Crippen molar-refractivity contribution in [1.29, 1.82) is 0 Å². The number of amides is 1. The minimum absolute atomic E-state index is 0.0360. The van der Waals surface area contributed by atoms with E-state index >= 15 is 0 Å². The van der Waals surface area contributed by atoms with E-state index < -0.39 is 15.9 Å². The van der Waals surface area contributed by atoms with Crippen molar-refractivity contribution in [3.05, 3.63) is 48.0 Å². The Bertz CT molecular complexity index is 953. The number of hydrogen-bond acceptors (Lipinski definition) is 6. The highest BCUT2D eigenvalue weighted by molar-refractivity contribution is 7.89. The molecule has 2 aromatic carbocycles. The van der Waals surface area contributed by atoms with Gasteiger partial charge in [-0.15, -0.1) is 0 Å². The molecule has 2 aromatic rings. The number of sulfonamides is 1. The number of anilines is 1. The van der Waals surface area contributed by atoms with Crippen molar-refractivity contribution in [3.8, 4) is 17.2 Å². The Hall–Kier alpha value is -3.04. The van der Waals surface area contributed by atoms with Crippen LogP contribution in [-0.2, 0) is 14.8 Å². The summed E-state index contributed by atoms with van der Waals surface area (Å²) in [6, 6.07) is 8.85. The molecule has 27 heavy (non-hydrogen) atoms. The molecule has 0 saturated carbocycles. The second-order valence-electron chi connectivity index (χ2n) is 5.34. The van der Waals surface area contributed by atoms with Crippen LogP contribution in [0.1, 0.15) is 5.56 Å². The van der Waals surface area contributed by atoms with Gasteiger partial charge in [-0.05, 0) is 36.4 Å². The summed E-state index contributed by atoms with van der Waals surface area (Å²) in [5.41, 5.74) is 1.05. The van der Waals surface area contributed by atoms with E-state index in [9.17, 15) is 13.2 Å². The van der Waals surface area contributed by atoms with Crippen LogP contribution in [0.15, 0.2) is 47.4 Å². The van der Waals surface area contributed by atoms with Gasteiger partial charge in [0.2, 0.25) is 15.9 Å². The first-order valence-electron chi connectivity index (χ1n) is 7.70. The summed E-state index contributed by atoms with van der Waals surface area (Å²) in [5.74, 6) is 1.10. The van der Waals surface area contributed by atoms with Crippen LogP contribution < -0.4 is 24.7 Å². The van der Waals surface area contributed by atoms with Gasteiger partial charge in [0.25, 0.3) is 0 Å². The molecule has 2 rings (SSSR count). The van der Waals surface area contributed by atoms with E-state index in [-0.39, 0.29) is 4.90 Å². The van der Waals surface area contributed by atoms with Gasteiger partial charge in [-0.3, -0.25) is 4.79 Å². The molecular weight excluding hydrogens is 372 g/mol. The highest BCUT2D eigenvalue weighted by Gasteiger charge is 2.11. The number of hydrogen-bond donors (Lipinski definition) is 2. The Morgan fingerprint density at radius 2 is 1.52 bits per heavy atom. The molecule has 0 aliphatic carbocycles. The van der Waals surface area contributed by atoms with Crippen LogP contribution in [0.4, 0.5) is 5.69 Å². The molecule has 0 aromatic heterocycles. The largest absolute Gasteiger partial charge is 0.496 e. The van der Waals surface area contributed by atoms with Crippen molar-refractivity contribution in [2.45, 2.75) is 4.90 Å². The number of carbonyl (C=O) groups is 1. The molecule has 0 aliphatic heterocycles. The third kappa shape index (κ3) is 5.22. The van der Waals surface area contributed by atoms with Crippen molar-refractivity contribution >= 4 is 27.7 Å². The Kier molecular flexibility index (Phi) is 6.43. The van der Waals surface area contributed by atoms with Crippen LogP contribution in [0.3, 0.4) is 0 Å². The number of carbonyl (C=O) groups excluding carboxylic acids is 1. The Balaban J connectivity index is 2.16. The van der Waals surface area contributed by atoms with Crippen molar-refractivity contribution in [2.75, 3.05) is 26.6 Å². The first-order valence-corrected chi connectivity index (χ1v) is 9.25. The van der Waals surface area contributed by atoms with E-state index in [4.69, 9.17) is 19.3 Å². The van der Waals surface area contributed by atoms with Gasteiger partial charge in [0.15, 0.2) is 11.5 Å². The first kappa shape index (κ1) is 20.3. The predicted octanol–water partition coefficient (Wildman–Crippen LogP) is 2.01. The number of ether oxygens (including phenoxy) is 3. The molecule has 0 unspecified atom stereocenters. The predicted molar refractivity (Wildman–Crippen MR) is 102 cm³/mol. The molecule has 8 nitrogen and oxygen atoms in total. The number of methoxy groups -OCH3 is 3. The van der Waals surface area contributed by atoms with Crippen molar-refractivity contribution in [1.82, 2.24) is 0 Å². The highest BCUT2D eigenvalue weighted by atomic mass is 32.2. The molecule has 0 spiro atoms. The lowest BCUT2D eigenvalue weighted by molar-refractivity contribution is -0.111. The average Bonchev–Trinajstić information content (AvgIpc) is 2.65. The van der Waals surface area contributed by atoms with Crippen LogP contribution in [0.2, 0.25) is 0 Å². The van der Waals surface area contributed by atoms with Crippen LogP contribution in [-0.4, -0.2) is 35.7 Å². The standard InChI is InChI=1S/C18H20N2O6S/c1-24-15-11-17(26-3)16(25-2)10-12(15)4-9-18(21)20-13-5-7-14(8-6-13)27(19,22)23/h4-11H,1-3H3,(H,20,21)(H2,19,22,23)/b9-4+. The summed E-state index contributed by atoms with van der Waals surface area (Å²) < 4.78 is 38.2. The quantitative estimate of drug-likeness (QED) is 0.696. The topological polar surface area (TPSA) is 117 Å². The maximum absolute atomic E-state index is 12.1. The number of rotatable bonds is 7. The first-order chi connectivity index (χ1) is 12.8. The van der Waals surface area contributed by atoms with Crippen molar-refractivity contribution in [3.63, 3.8) is 0 Å². The molecule has 0 bridgehead atoms. The summed E-state index contributed by atoms with van der Waals surface area (Å²) in [4.78, 5) is 12.1. The van der Waals surface area contributed by atoms with Gasteiger partial charge in [-0.2, -0.15) is 0 Å². The maximum atomic E-state index is 12.1. The monoisotopic (exact) mass is 392 g/mol. The second kappa shape index (κ2) is 8.56. The zero-order valence-electron chi connectivity index (χ0n) is 15.1. The molecule has 0 heterocycles. The molecule has 3 N–H and O–H groups in total. The summed E-state index contributed by atoms with van der Waals surface area (Å²) >= 11 is 0. The minimum atomic E-state index is -3.78. The summed E-state index contributed by atoms with van der Waals surface area (Å²) in [6.07, 6.45) is 2.88. The fourth-order valence-electron chi connectivity index (χ4n) is 2.26. The number of benzene rings is 2. The van der Waals surface area contributed by atoms with Crippen molar-refractivity contribution in [2.24, 2.45) is 5.14 Å². The smallest absolute Gasteiger partial charge is 0.248 e. The van der Waals surface area contributed by atoms with Gasteiger partial charge >= 0.3 is 0 Å². The molecule has 0 fully saturated rings. The Morgan fingerprint density at radius 1 is 0.963 bits per heavy atom. The third-order valence-electron chi connectivity index (χ3n) is 3.60. The van der Waals surface area contributed by atoms with Crippen LogP contribution >= 0.6 is 0 Å². The number of primary sulfonamides is 1. The number of nitrogens with one attached hydrogen (secondary N) is 1. The molecule has 144 valence electrons. The van der Waals surface area contributed by atoms with Crippen LogP contribution in [0.5, 0.6) is 17.2 Å². The van der Waals surface area contributed by atoms with Crippen LogP contribution in [0.25, 0.3) is 6.08 Å². The van der Waals surface area contributed by atoms with Crippen LogP contribution in [0, 0.1) is 0 Å². The van der Waals surface area contributed by atoms with Gasteiger partial charge in [-0.1, -0.05) is 0 Å². The number of nitrogens with two attached hydrogens (primary N) is 1. The molecule has 0 radical (unpaired) electrons. The van der Waals surface area contributed by atoms with E-state index in [1.807, 2.05) is 0 Å². The van der Waals surface area contributed by atoms with E-state index in [1.165, 1.54) is 51.7 Å². The van der Waals surface area contributed by atoms with Crippen molar-refractivity contribution < 1.29 is 27.4 Å². The minimum Gasteiger partial charge on any atom is -0.496 e. The SMILES string of the molecule is COc1cc(OC)c(OC)cc1/C=C/C(=O)Nc1ccc(S(N)(=O)=O)cc1. The van der Waals surface area contributed by atoms with Gasteiger partial charge in [0.1, 0.15) is 5.75 Å². The highest BCUT2D eigenvalue weighted by Crippen LogP contribution is 2.35. The zero-order valence-corrected chi connectivity index (χ0v) is 15.9. The fraction of sp³-hybridized carbons (Fsp3) is 0.167. The summed E-state index contributed by atoms with van der Waals surface area (Å²) in [7, 11) is 0.754. The lowest BCUT2D eigenvalue weighted by Gasteiger charge is -2.12. The van der Waals surface area contributed by atoms with Gasteiger partial charge in [-0.25, -0.2) is 13.6 Å². The van der Waals surface area contributed by atoms with E-state index in [0.29, 0.717) is 28.5 Å². The van der Waals surface area contributed by atoms with Gasteiger partial charge in [0, 0.05) is 23.4 Å². The average molecular weight is 392 g/mol. The van der Waals surface area contributed by atoms with Gasteiger partial charge < -0.3 is 19.5 Å². The van der Waals surface area contributed by atoms with Gasteiger partial charge in [0.05, 0.1) is 26.2 Å². The molecule has 1 amide bonds. The normalized spacial score (nSPS) is 11.3. The third-order valence-corrected chi connectivity index (χ3v) is 4.53. The fourth-order valence-corrected chi connectivity index (χ4v) is 2.78. The Morgan fingerprint density at radius 3 is 2.04 bits per heavy atom. The van der Waals surface area contributed by atoms with E-state index in [2.05, 4.69) is 5.32 Å². The molecular formula is C18H20N2O6S. The lowest BCUT2D eigenvalue weighted by atomic mass is 10.1. The van der Waals surface area contributed by atoms with E-state index in [0.717, 1.165) is 0 Å². The van der Waals surface area contributed by atoms with E-state index in [1.54, 1.807) is 18.2 Å². The Labute approximate surface area is 157 Å². The zero-order chi connectivity index (χ0) is 20.0. The summed E-state index contributed by atoms with van der Waals surface area (Å²) in [5, 5.41) is 7.66. The molecule has 0 saturated heterocycles. The lowest BCUT2D eigenvalue weighted by Crippen LogP contribution is -2.12. The molecule has 9 heteroatoms. The maximum Gasteiger partial charge on any atom is 0.248 e. The molecule has 0 atom stereocenters. The molecule has 0 aliphatic rings. The summed E-state index contributed by atoms with van der Waals surface area (Å²) in [6.45, 7) is 0.